The molecule has 4 nitrogen and oxygen atoms in total. The third kappa shape index (κ3) is 3.40. The van der Waals surface area contributed by atoms with Crippen molar-refractivity contribution in [3.63, 3.8) is 0 Å². The summed E-state index contributed by atoms with van der Waals surface area (Å²) < 4.78 is 10.2. The van der Waals surface area contributed by atoms with E-state index in [9.17, 15) is 5.11 Å². The van der Waals surface area contributed by atoms with Crippen molar-refractivity contribution in [3.8, 4) is 11.6 Å². The van der Waals surface area contributed by atoms with Crippen LogP contribution in [0.3, 0.4) is 0 Å². The van der Waals surface area contributed by atoms with Crippen molar-refractivity contribution in [2.24, 2.45) is 0 Å². The number of nitrogens with zero attached hydrogens (tertiary/aromatic N) is 1. The number of methoxy groups -OCH3 is 2. The van der Waals surface area contributed by atoms with Crippen LogP contribution in [0.5, 0.6) is 11.6 Å². The van der Waals surface area contributed by atoms with Crippen LogP contribution in [0.15, 0.2) is 12.3 Å². The molecule has 1 heterocycles. The second-order valence-corrected chi connectivity index (χ2v) is 3.43. The zero-order valence-corrected chi connectivity index (χ0v) is 9.36. The number of aliphatic hydroxyl groups is 1. The lowest BCUT2D eigenvalue weighted by Crippen LogP contribution is -2.03. The molecule has 0 fully saturated rings. The Balaban J connectivity index is 2.81. The largest absolute Gasteiger partial charge is 0.495 e. The van der Waals surface area contributed by atoms with Crippen LogP contribution >= 0.6 is 0 Å². The van der Waals surface area contributed by atoms with Gasteiger partial charge in [-0.05, 0) is 19.8 Å². The van der Waals surface area contributed by atoms with Crippen LogP contribution in [0.4, 0.5) is 0 Å². The molecule has 1 aromatic rings. The Morgan fingerprint density at radius 3 is 2.67 bits per heavy atom. The first-order valence-electron chi connectivity index (χ1n) is 4.92. The maximum absolute atomic E-state index is 9.22. The van der Waals surface area contributed by atoms with Crippen LogP contribution < -0.4 is 9.47 Å². The smallest absolute Gasteiger partial charge is 0.213 e. The first kappa shape index (κ1) is 11.8. The van der Waals surface area contributed by atoms with Crippen LogP contribution in [-0.2, 0) is 6.42 Å². The normalized spacial score (nSPS) is 12.3. The minimum atomic E-state index is -0.311. The van der Waals surface area contributed by atoms with Gasteiger partial charge in [0.1, 0.15) is 5.75 Å². The van der Waals surface area contributed by atoms with Gasteiger partial charge in [-0.15, -0.1) is 0 Å². The fourth-order valence-corrected chi connectivity index (χ4v) is 1.32. The number of aliphatic hydroxyl groups excluding tert-OH is 1. The highest BCUT2D eigenvalue weighted by atomic mass is 16.5. The Labute approximate surface area is 89.9 Å². The SMILES string of the molecule is COc1cc(CC[C@H](C)O)c(OC)cn1. The highest BCUT2D eigenvalue weighted by molar-refractivity contribution is 5.34. The average Bonchev–Trinajstić information content (AvgIpc) is 2.25. The Hall–Kier alpha value is -1.29. The van der Waals surface area contributed by atoms with E-state index in [1.807, 2.05) is 6.07 Å². The molecule has 0 saturated carbocycles. The van der Waals surface area contributed by atoms with Crippen molar-refractivity contribution in [3.05, 3.63) is 17.8 Å². The third-order valence-electron chi connectivity index (χ3n) is 2.18. The standard InChI is InChI=1S/C11H17NO3/c1-8(13)4-5-9-6-11(15-3)12-7-10(9)14-2/h6-8,13H,4-5H2,1-3H3/t8-/m0/s1. The van der Waals surface area contributed by atoms with E-state index >= 15 is 0 Å². The molecule has 1 N–H and O–H groups in total. The number of aryl methyl sites for hydroxylation is 1. The van der Waals surface area contributed by atoms with E-state index in [4.69, 9.17) is 9.47 Å². The Morgan fingerprint density at radius 2 is 2.13 bits per heavy atom. The highest BCUT2D eigenvalue weighted by Gasteiger charge is 2.07. The van der Waals surface area contributed by atoms with Crippen molar-refractivity contribution < 1.29 is 14.6 Å². The van der Waals surface area contributed by atoms with Gasteiger partial charge in [-0.25, -0.2) is 4.98 Å². The molecular weight excluding hydrogens is 194 g/mol. The number of hydrogen-bond acceptors (Lipinski definition) is 4. The van der Waals surface area contributed by atoms with Crippen molar-refractivity contribution in [2.75, 3.05) is 14.2 Å². The molecule has 0 aliphatic carbocycles. The number of hydrogen-bond donors (Lipinski definition) is 1. The average molecular weight is 211 g/mol. The molecule has 1 aromatic heterocycles. The van der Waals surface area contributed by atoms with Gasteiger partial charge < -0.3 is 14.6 Å². The highest BCUT2D eigenvalue weighted by Crippen LogP contribution is 2.22. The van der Waals surface area contributed by atoms with Crippen molar-refractivity contribution in [1.82, 2.24) is 4.98 Å². The topological polar surface area (TPSA) is 51.6 Å². The molecular formula is C11H17NO3. The van der Waals surface area contributed by atoms with Crippen LogP contribution in [0.1, 0.15) is 18.9 Å². The van der Waals surface area contributed by atoms with E-state index in [0.29, 0.717) is 12.3 Å². The Bertz CT molecular complexity index is 313. The van der Waals surface area contributed by atoms with E-state index in [1.165, 1.54) is 0 Å². The molecule has 0 aliphatic heterocycles. The van der Waals surface area contributed by atoms with Crippen LogP contribution in [-0.4, -0.2) is 30.4 Å². The number of aromatic nitrogens is 1. The second-order valence-electron chi connectivity index (χ2n) is 3.43. The van der Waals surface area contributed by atoms with E-state index in [-0.39, 0.29) is 6.10 Å². The molecule has 15 heavy (non-hydrogen) atoms. The molecule has 0 spiro atoms. The van der Waals surface area contributed by atoms with Gasteiger partial charge in [-0.1, -0.05) is 0 Å². The predicted molar refractivity (Wildman–Crippen MR) is 57.3 cm³/mol. The molecule has 0 bridgehead atoms. The van der Waals surface area contributed by atoms with Crippen molar-refractivity contribution in [2.45, 2.75) is 25.9 Å². The number of ether oxygens (including phenoxy) is 2. The summed E-state index contributed by atoms with van der Waals surface area (Å²) in [4.78, 5) is 4.05. The van der Waals surface area contributed by atoms with E-state index in [1.54, 1.807) is 27.3 Å². The zero-order chi connectivity index (χ0) is 11.3. The summed E-state index contributed by atoms with van der Waals surface area (Å²) in [7, 11) is 3.18. The molecule has 1 atom stereocenters. The minimum absolute atomic E-state index is 0.311. The fourth-order valence-electron chi connectivity index (χ4n) is 1.32. The summed E-state index contributed by atoms with van der Waals surface area (Å²) in [6.07, 6.45) is 2.77. The van der Waals surface area contributed by atoms with Gasteiger partial charge in [0, 0.05) is 11.6 Å². The minimum Gasteiger partial charge on any atom is -0.495 e. The van der Waals surface area contributed by atoms with Crippen LogP contribution in [0, 0.1) is 0 Å². The fraction of sp³-hybridized carbons (Fsp3) is 0.545. The molecule has 0 saturated heterocycles. The summed E-state index contributed by atoms with van der Waals surface area (Å²) in [6, 6.07) is 1.83. The lowest BCUT2D eigenvalue weighted by Gasteiger charge is -2.10. The van der Waals surface area contributed by atoms with Crippen LogP contribution in [0.25, 0.3) is 0 Å². The molecule has 84 valence electrons. The van der Waals surface area contributed by atoms with Gasteiger partial charge >= 0.3 is 0 Å². The lowest BCUT2D eigenvalue weighted by molar-refractivity contribution is 0.184. The molecule has 0 aliphatic rings. The Morgan fingerprint density at radius 1 is 1.40 bits per heavy atom. The van der Waals surface area contributed by atoms with Crippen LogP contribution in [0.2, 0.25) is 0 Å². The van der Waals surface area contributed by atoms with E-state index in [0.717, 1.165) is 17.7 Å². The summed E-state index contributed by atoms with van der Waals surface area (Å²) in [5.74, 6) is 1.30. The monoisotopic (exact) mass is 211 g/mol. The molecule has 0 unspecified atom stereocenters. The predicted octanol–water partition coefficient (Wildman–Crippen LogP) is 1.41. The zero-order valence-electron chi connectivity index (χ0n) is 9.36. The van der Waals surface area contributed by atoms with Crippen molar-refractivity contribution >= 4 is 0 Å². The van der Waals surface area contributed by atoms with Gasteiger partial charge in [-0.3, -0.25) is 0 Å². The van der Waals surface area contributed by atoms with Gasteiger partial charge in [-0.2, -0.15) is 0 Å². The van der Waals surface area contributed by atoms with Gasteiger partial charge in [0.15, 0.2) is 0 Å². The molecule has 4 heteroatoms. The lowest BCUT2D eigenvalue weighted by atomic mass is 10.1. The molecule has 0 radical (unpaired) electrons. The summed E-state index contributed by atoms with van der Waals surface area (Å²) in [5.41, 5.74) is 1.00. The van der Waals surface area contributed by atoms with Gasteiger partial charge in [0.2, 0.25) is 5.88 Å². The second kappa shape index (κ2) is 5.56. The molecule has 0 aromatic carbocycles. The quantitative estimate of drug-likeness (QED) is 0.800. The molecule has 1 rings (SSSR count). The molecule has 0 amide bonds. The van der Waals surface area contributed by atoms with Gasteiger partial charge in [0.25, 0.3) is 0 Å². The Kier molecular flexibility index (Phi) is 4.37. The number of pyridine rings is 1. The summed E-state index contributed by atoms with van der Waals surface area (Å²) >= 11 is 0. The van der Waals surface area contributed by atoms with E-state index in [2.05, 4.69) is 4.98 Å². The van der Waals surface area contributed by atoms with Crippen molar-refractivity contribution in [1.29, 1.82) is 0 Å². The first-order valence-corrected chi connectivity index (χ1v) is 4.92. The third-order valence-corrected chi connectivity index (χ3v) is 2.18. The van der Waals surface area contributed by atoms with Gasteiger partial charge in [0.05, 0.1) is 26.5 Å². The summed E-state index contributed by atoms with van der Waals surface area (Å²) in [5, 5.41) is 9.22. The number of rotatable bonds is 5. The van der Waals surface area contributed by atoms with E-state index < -0.39 is 0 Å². The maximum atomic E-state index is 9.22. The summed E-state index contributed by atoms with van der Waals surface area (Å²) in [6.45, 7) is 1.77. The maximum Gasteiger partial charge on any atom is 0.213 e. The first-order chi connectivity index (χ1) is 7.17.